The molecule has 1 amide bonds. The zero-order valence-electron chi connectivity index (χ0n) is 15.4. The summed E-state index contributed by atoms with van der Waals surface area (Å²) in [6.45, 7) is 7.45. The lowest BCUT2D eigenvalue weighted by atomic mass is 10.0. The summed E-state index contributed by atoms with van der Waals surface area (Å²) in [5, 5.41) is 3.18. The van der Waals surface area contributed by atoms with E-state index in [1.165, 1.54) is 5.69 Å². The van der Waals surface area contributed by atoms with Gasteiger partial charge >= 0.3 is 0 Å². The monoisotopic (exact) mass is 344 g/mol. The van der Waals surface area contributed by atoms with Crippen molar-refractivity contribution in [1.82, 2.24) is 29.3 Å². The molecular formula is C18H28N6O. The van der Waals surface area contributed by atoms with E-state index >= 15 is 0 Å². The maximum atomic E-state index is 12.4. The zero-order chi connectivity index (χ0) is 17.8. The molecule has 0 bridgehead atoms. The Bertz CT molecular complexity index is 696. The lowest BCUT2D eigenvalue weighted by Gasteiger charge is -2.32. The van der Waals surface area contributed by atoms with E-state index in [0.717, 1.165) is 38.3 Å². The third-order valence-corrected chi connectivity index (χ3v) is 4.83. The fourth-order valence-electron chi connectivity index (χ4n) is 3.38. The Morgan fingerprint density at radius 2 is 2.12 bits per heavy atom. The normalized spacial score (nSPS) is 16.5. The third-order valence-electron chi connectivity index (χ3n) is 4.83. The highest BCUT2D eigenvalue weighted by atomic mass is 16.2. The van der Waals surface area contributed by atoms with Crippen LogP contribution in [0.3, 0.4) is 0 Å². The summed E-state index contributed by atoms with van der Waals surface area (Å²) < 4.78 is 4.00. The molecule has 0 atom stereocenters. The molecule has 1 aliphatic heterocycles. The van der Waals surface area contributed by atoms with Crippen molar-refractivity contribution < 1.29 is 4.79 Å². The minimum absolute atomic E-state index is 0.0741. The Hall–Kier alpha value is -2.15. The summed E-state index contributed by atoms with van der Waals surface area (Å²) in [6.07, 6.45) is 9.38. The first-order chi connectivity index (χ1) is 12.0. The van der Waals surface area contributed by atoms with Crippen molar-refractivity contribution in [3.05, 3.63) is 36.4 Å². The standard InChI is InChI=1S/C18H28N6O/c1-14(2)18-20-6-9-24(18)12-17(25)21-15-4-7-23(8-5-15)11-16-10-19-13-22(16)3/h6,9-10,13-15H,4-5,7-8,11-12H2,1-3H3,(H,21,25). The molecule has 0 radical (unpaired) electrons. The van der Waals surface area contributed by atoms with Crippen LogP contribution in [0, 0.1) is 0 Å². The number of aromatic nitrogens is 4. The van der Waals surface area contributed by atoms with Gasteiger partial charge in [-0.3, -0.25) is 9.69 Å². The fraction of sp³-hybridized carbons (Fsp3) is 0.611. The van der Waals surface area contributed by atoms with Crippen LogP contribution in [0.15, 0.2) is 24.9 Å². The van der Waals surface area contributed by atoms with Crippen molar-refractivity contribution in [2.45, 2.75) is 51.7 Å². The summed E-state index contributed by atoms with van der Waals surface area (Å²) in [4.78, 5) is 23.3. The minimum Gasteiger partial charge on any atom is -0.352 e. The van der Waals surface area contributed by atoms with E-state index in [0.29, 0.717) is 12.5 Å². The molecule has 1 aliphatic rings. The largest absolute Gasteiger partial charge is 0.352 e. The van der Waals surface area contributed by atoms with E-state index in [1.54, 1.807) is 6.20 Å². The van der Waals surface area contributed by atoms with Crippen molar-refractivity contribution in [3.8, 4) is 0 Å². The number of nitrogens with one attached hydrogen (secondary N) is 1. The van der Waals surface area contributed by atoms with Crippen LogP contribution in [0.1, 0.15) is 44.1 Å². The van der Waals surface area contributed by atoms with Gasteiger partial charge in [-0.25, -0.2) is 9.97 Å². The number of hydrogen-bond donors (Lipinski definition) is 1. The van der Waals surface area contributed by atoms with E-state index in [4.69, 9.17) is 0 Å². The predicted octanol–water partition coefficient (Wildman–Crippen LogP) is 1.52. The van der Waals surface area contributed by atoms with Crippen molar-refractivity contribution >= 4 is 5.91 Å². The molecule has 2 aromatic heterocycles. The maximum absolute atomic E-state index is 12.4. The van der Waals surface area contributed by atoms with Crippen LogP contribution in [0.4, 0.5) is 0 Å². The summed E-state index contributed by atoms with van der Waals surface area (Å²) >= 11 is 0. The first-order valence-electron chi connectivity index (χ1n) is 9.01. The lowest BCUT2D eigenvalue weighted by molar-refractivity contribution is -0.122. The van der Waals surface area contributed by atoms with Gasteiger partial charge in [0, 0.05) is 57.2 Å². The van der Waals surface area contributed by atoms with Gasteiger partial charge < -0.3 is 14.5 Å². The highest BCUT2D eigenvalue weighted by molar-refractivity contribution is 5.76. The number of piperidine rings is 1. The number of carbonyl (C=O) groups is 1. The van der Waals surface area contributed by atoms with Crippen LogP contribution in [0.5, 0.6) is 0 Å². The molecular weight excluding hydrogens is 316 g/mol. The fourth-order valence-corrected chi connectivity index (χ4v) is 3.38. The Kier molecular flexibility index (Phi) is 5.53. The van der Waals surface area contributed by atoms with Crippen LogP contribution in [-0.4, -0.2) is 49.0 Å². The first-order valence-corrected chi connectivity index (χ1v) is 9.01. The maximum Gasteiger partial charge on any atom is 0.240 e. The van der Waals surface area contributed by atoms with Crippen molar-refractivity contribution in [1.29, 1.82) is 0 Å². The van der Waals surface area contributed by atoms with Crippen LogP contribution in [0.2, 0.25) is 0 Å². The second-order valence-electron chi connectivity index (χ2n) is 7.18. The van der Waals surface area contributed by atoms with Crippen LogP contribution in [-0.2, 0) is 24.9 Å². The zero-order valence-corrected chi connectivity index (χ0v) is 15.4. The van der Waals surface area contributed by atoms with Gasteiger partial charge in [-0.05, 0) is 12.8 Å². The first kappa shape index (κ1) is 17.7. The second-order valence-corrected chi connectivity index (χ2v) is 7.18. The van der Waals surface area contributed by atoms with Crippen molar-refractivity contribution in [3.63, 3.8) is 0 Å². The van der Waals surface area contributed by atoms with Gasteiger partial charge in [-0.2, -0.15) is 0 Å². The number of carbonyl (C=O) groups excluding carboxylic acids is 1. The number of rotatable bonds is 6. The molecule has 3 rings (SSSR count). The Morgan fingerprint density at radius 3 is 2.76 bits per heavy atom. The second kappa shape index (κ2) is 7.82. The molecule has 1 saturated heterocycles. The molecule has 3 heterocycles. The molecule has 136 valence electrons. The summed E-state index contributed by atoms with van der Waals surface area (Å²) in [5.41, 5.74) is 1.23. The van der Waals surface area contributed by atoms with E-state index in [1.807, 2.05) is 30.3 Å². The topological polar surface area (TPSA) is 68.0 Å². The number of imidazole rings is 2. The molecule has 25 heavy (non-hydrogen) atoms. The molecule has 1 fully saturated rings. The van der Waals surface area contributed by atoms with Gasteiger partial charge in [0.05, 0.1) is 12.0 Å². The average Bonchev–Trinajstić information content (AvgIpc) is 3.19. The number of likely N-dealkylation sites (tertiary alicyclic amines) is 1. The number of nitrogens with zero attached hydrogens (tertiary/aromatic N) is 5. The molecule has 1 N–H and O–H groups in total. The quantitative estimate of drug-likeness (QED) is 0.863. The van der Waals surface area contributed by atoms with Gasteiger partial charge in [0.25, 0.3) is 0 Å². The highest BCUT2D eigenvalue weighted by Crippen LogP contribution is 2.14. The SMILES string of the molecule is CC(C)c1nccn1CC(=O)NC1CCN(Cc2cncn2C)CC1. The average molecular weight is 344 g/mol. The molecule has 0 aliphatic carbocycles. The molecule has 2 aromatic rings. The third kappa shape index (κ3) is 4.48. The summed E-state index contributed by atoms with van der Waals surface area (Å²) in [7, 11) is 2.02. The van der Waals surface area contributed by atoms with Crippen molar-refractivity contribution in [2.75, 3.05) is 13.1 Å². The summed E-state index contributed by atoms with van der Waals surface area (Å²) in [6, 6.07) is 0.265. The van der Waals surface area contributed by atoms with E-state index in [9.17, 15) is 4.79 Å². The Labute approximate surface area is 149 Å². The summed E-state index contributed by atoms with van der Waals surface area (Å²) in [5.74, 6) is 1.35. The van der Waals surface area contributed by atoms with Crippen LogP contribution >= 0.6 is 0 Å². The van der Waals surface area contributed by atoms with Gasteiger partial charge in [0.2, 0.25) is 5.91 Å². The predicted molar refractivity (Wildman–Crippen MR) is 96.0 cm³/mol. The lowest BCUT2D eigenvalue weighted by Crippen LogP contribution is -2.45. The molecule has 7 heteroatoms. The molecule has 0 unspecified atom stereocenters. The van der Waals surface area contributed by atoms with E-state index in [2.05, 4.69) is 38.6 Å². The Morgan fingerprint density at radius 1 is 1.36 bits per heavy atom. The molecule has 7 nitrogen and oxygen atoms in total. The minimum atomic E-state index is 0.0741. The molecule has 0 saturated carbocycles. The smallest absolute Gasteiger partial charge is 0.240 e. The van der Waals surface area contributed by atoms with Gasteiger partial charge in [0.15, 0.2) is 0 Å². The van der Waals surface area contributed by atoms with Crippen LogP contribution < -0.4 is 5.32 Å². The number of hydrogen-bond acceptors (Lipinski definition) is 4. The number of aryl methyl sites for hydroxylation is 1. The van der Waals surface area contributed by atoms with Crippen molar-refractivity contribution in [2.24, 2.45) is 7.05 Å². The molecule has 0 spiro atoms. The van der Waals surface area contributed by atoms with E-state index < -0.39 is 0 Å². The number of amides is 1. The van der Waals surface area contributed by atoms with Gasteiger partial charge in [-0.1, -0.05) is 13.8 Å². The van der Waals surface area contributed by atoms with E-state index in [-0.39, 0.29) is 11.9 Å². The molecule has 0 aromatic carbocycles. The van der Waals surface area contributed by atoms with Crippen LogP contribution in [0.25, 0.3) is 0 Å². The Balaban J connectivity index is 1.45. The van der Waals surface area contributed by atoms with Gasteiger partial charge in [-0.15, -0.1) is 0 Å². The highest BCUT2D eigenvalue weighted by Gasteiger charge is 2.21. The van der Waals surface area contributed by atoms with Gasteiger partial charge in [0.1, 0.15) is 12.4 Å².